The van der Waals surface area contributed by atoms with Crippen LogP contribution < -0.4 is 0 Å². The summed E-state index contributed by atoms with van der Waals surface area (Å²) >= 11 is 0. The molecule has 0 spiro atoms. The van der Waals surface area contributed by atoms with Crippen molar-refractivity contribution in [1.29, 1.82) is 0 Å². The van der Waals surface area contributed by atoms with E-state index in [1.807, 2.05) is 0 Å². The molecule has 0 aliphatic carbocycles. The Morgan fingerprint density at radius 1 is 1.44 bits per heavy atom. The van der Waals surface area contributed by atoms with E-state index < -0.39 is 15.0 Å². The average molecular weight is 295 g/mol. The number of aryl methyl sites for hydroxylation is 2. The van der Waals surface area contributed by atoms with Crippen molar-refractivity contribution in [3.8, 4) is 0 Å². The normalized spacial score (nSPS) is 11.7. The maximum absolute atomic E-state index is 11.1. The van der Waals surface area contributed by atoms with Gasteiger partial charge in [-0.05, 0) is 19.8 Å². The van der Waals surface area contributed by atoms with Crippen LogP contribution in [0, 0.1) is 6.92 Å². The second-order valence-electron chi connectivity index (χ2n) is 3.96. The third kappa shape index (κ3) is 4.66. The monoisotopic (exact) mass is 294 g/mol. The topological polar surface area (TPSA) is 89.3 Å². The number of rotatable bonds is 7. The van der Waals surface area contributed by atoms with E-state index in [0.717, 1.165) is 12.8 Å². The van der Waals surface area contributed by atoms with E-state index in [2.05, 4.69) is 4.98 Å². The van der Waals surface area contributed by atoms with E-state index in [4.69, 9.17) is 15.8 Å². The second kappa shape index (κ2) is 6.19. The number of carbonyl (C=O) groups is 1. The molecule has 8 heteroatoms. The first-order chi connectivity index (χ1) is 8.30. The molecule has 0 fully saturated rings. The number of unbranched alkanes of at least 4 members (excludes halogenated alkanes) is 2. The van der Waals surface area contributed by atoms with Crippen LogP contribution in [0.2, 0.25) is 0 Å². The fourth-order valence-electron chi connectivity index (χ4n) is 1.56. The van der Waals surface area contributed by atoms with E-state index >= 15 is 0 Å². The zero-order chi connectivity index (χ0) is 13.8. The summed E-state index contributed by atoms with van der Waals surface area (Å²) in [5, 5.41) is 8.32. The van der Waals surface area contributed by atoms with Crippen molar-refractivity contribution >= 4 is 25.7 Å². The molecule has 1 N–H and O–H groups in total. The number of carboxylic acid groups (broad SMARTS) is 1. The summed E-state index contributed by atoms with van der Waals surface area (Å²) in [4.78, 5) is 14.2. The number of hydrogen-bond acceptors (Lipinski definition) is 4. The Morgan fingerprint density at radius 3 is 2.61 bits per heavy atom. The van der Waals surface area contributed by atoms with Crippen molar-refractivity contribution in [3.05, 3.63) is 12.0 Å². The van der Waals surface area contributed by atoms with Crippen molar-refractivity contribution < 1.29 is 18.3 Å². The van der Waals surface area contributed by atoms with Crippen molar-refractivity contribution in [2.24, 2.45) is 0 Å². The largest absolute Gasteiger partial charge is 0.481 e. The quantitative estimate of drug-likeness (QED) is 0.611. The van der Waals surface area contributed by atoms with Gasteiger partial charge in [-0.25, -0.2) is 13.4 Å². The number of aliphatic carboxylic acids is 1. The number of nitrogens with zero attached hydrogens (tertiary/aromatic N) is 2. The average Bonchev–Trinajstić information content (AvgIpc) is 2.59. The maximum Gasteiger partial charge on any atom is 0.303 e. The number of hydrogen-bond donors (Lipinski definition) is 1. The van der Waals surface area contributed by atoms with Crippen LogP contribution in [-0.2, 0) is 20.4 Å². The Morgan fingerprint density at radius 2 is 2.11 bits per heavy atom. The Bertz CT molecular complexity index is 524. The van der Waals surface area contributed by atoms with Crippen LogP contribution in [0.15, 0.2) is 11.2 Å². The predicted octanol–water partition coefficient (Wildman–Crippen LogP) is 1.76. The van der Waals surface area contributed by atoms with Gasteiger partial charge in [-0.2, -0.15) is 0 Å². The van der Waals surface area contributed by atoms with Crippen LogP contribution in [0.3, 0.4) is 0 Å². The van der Waals surface area contributed by atoms with Crippen molar-refractivity contribution in [2.75, 3.05) is 0 Å². The van der Waals surface area contributed by atoms with Gasteiger partial charge in [0.05, 0.1) is 0 Å². The molecule has 102 valence electrons. The molecule has 1 rings (SSSR count). The third-order valence-corrected chi connectivity index (χ3v) is 3.66. The molecule has 18 heavy (non-hydrogen) atoms. The molecule has 0 amide bonds. The molecule has 1 aromatic rings. The highest BCUT2D eigenvalue weighted by atomic mass is 35.7. The van der Waals surface area contributed by atoms with Crippen LogP contribution >= 0.6 is 10.7 Å². The van der Waals surface area contributed by atoms with Gasteiger partial charge < -0.3 is 9.67 Å². The van der Waals surface area contributed by atoms with E-state index in [9.17, 15) is 13.2 Å². The van der Waals surface area contributed by atoms with Gasteiger partial charge >= 0.3 is 5.97 Å². The predicted molar refractivity (Wildman–Crippen MR) is 66.1 cm³/mol. The van der Waals surface area contributed by atoms with Gasteiger partial charge in [0, 0.05) is 29.8 Å². The summed E-state index contributed by atoms with van der Waals surface area (Å²) in [6, 6.07) is 0. The summed E-state index contributed by atoms with van der Waals surface area (Å²) in [5.74, 6) is -0.225. The first-order valence-corrected chi connectivity index (χ1v) is 7.82. The standard InChI is InChI=1S/C10H15ClN2O4S/c1-8-12-9(18(11,16)17)7-13(8)6-4-2-3-5-10(14)15/h7H,2-6H2,1H3,(H,14,15). The maximum atomic E-state index is 11.1. The lowest BCUT2D eigenvalue weighted by Gasteiger charge is -2.03. The lowest BCUT2D eigenvalue weighted by molar-refractivity contribution is -0.137. The molecular formula is C10H15ClN2O4S. The molecule has 0 saturated heterocycles. The van der Waals surface area contributed by atoms with Crippen LogP contribution in [-0.4, -0.2) is 29.0 Å². The van der Waals surface area contributed by atoms with Gasteiger partial charge in [-0.15, -0.1) is 0 Å². The van der Waals surface area contributed by atoms with Crippen molar-refractivity contribution in [3.63, 3.8) is 0 Å². The Hall–Kier alpha value is -1.08. The van der Waals surface area contributed by atoms with E-state index in [1.54, 1.807) is 11.5 Å². The number of carboxylic acids is 1. The zero-order valence-corrected chi connectivity index (χ0v) is 11.5. The molecule has 1 aromatic heterocycles. The molecule has 0 aromatic carbocycles. The molecule has 0 bridgehead atoms. The van der Waals surface area contributed by atoms with Gasteiger partial charge in [0.15, 0.2) is 5.03 Å². The smallest absolute Gasteiger partial charge is 0.303 e. The first kappa shape index (κ1) is 15.0. The first-order valence-electron chi connectivity index (χ1n) is 5.51. The SMILES string of the molecule is Cc1nc(S(=O)(=O)Cl)cn1CCCCCC(=O)O. The van der Waals surface area contributed by atoms with Gasteiger partial charge in [0.2, 0.25) is 0 Å². The molecule has 0 unspecified atom stereocenters. The minimum atomic E-state index is -3.79. The number of aromatic nitrogens is 2. The van der Waals surface area contributed by atoms with E-state index in [-0.39, 0.29) is 11.4 Å². The minimum absolute atomic E-state index is 0.146. The van der Waals surface area contributed by atoms with E-state index in [0.29, 0.717) is 18.8 Å². The molecule has 1 heterocycles. The van der Waals surface area contributed by atoms with Crippen LogP contribution in [0.5, 0.6) is 0 Å². The number of imidazole rings is 1. The molecule has 0 saturated carbocycles. The third-order valence-electron chi connectivity index (χ3n) is 2.49. The molecule has 0 aliphatic rings. The van der Waals surface area contributed by atoms with Crippen LogP contribution in [0.4, 0.5) is 0 Å². The lowest BCUT2D eigenvalue weighted by Crippen LogP contribution is -2.00. The van der Waals surface area contributed by atoms with Gasteiger partial charge in [-0.3, -0.25) is 4.79 Å². The summed E-state index contributed by atoms with van der Waals surface area (Å²) in [6.45, 7) is 2.30. The summed E-state index contributed by atoms with van der Waals surface area (Å²) in [6.07, 6.45) is 3.71. The van der Waals surface area contributed by atoms with Gasteiger partial charge in [-0.1, -0.05) is 6.42 Å². The fourth-order valence-corrected chi connectivity index (χ4v) is 2.28. The fraction of sp³-hybridized carbons (Fsp3) is 0.600. The zero-order valence-electron chi connectivity index (χ0n) is 9.97. The lowest BCUT2D eigenvalue weighted by atomic mass is 10.2. The number of halogens is 1. The highest BCUT2D eigenvalue weighted by Crippen LogP contribution is 2.15. The Labute approximate surface area is 110 Å². The van der Waals surface area contributed by atoms with Crippen molar-refractivity contribution in [1.82, 2.24) is 9.55 Å². The van der Waals surface area contributed by atoms with Gasteiger partial charge in [0.25, 0.3) is 9.05 Å². The van der Waals surface area contributed by atoms with Crippen LogP contribution in [0.1, 0.15) is 31.5 Å². The molecule has 0 radical (unpaired) electrons. The van der Waals surface area contributed by atoms with Crippen molar-refractivity contribution in [2.45, 2.75) is 44.2 Å². The van der Waals surface area contributed by atoms with Crippen LogP contribution in [0.25, 0.3) is 0 Å². The molecule has 0 atom stereocenters. The summed E-state index contributed by atoms with van der Waals surface area (Å²) in [5.41, 5.74) is 0. The van der Waals surface area contributed by atoms with E-state index in [1.165, 1.54) is 6.20 Å². The Balaban J connectivity index is 2.48. The Kier molecular flexibility index (Phi) is 5.15. The minimum Gasteiger partial charge on any atom is -0.481 e. The molecular weight excluding hydrogens is 280 g/mol. The molecule has 6 nitrogen and oxygen atoms in total. The molecule has 0 aliphatic heterocycles. The van der Waals surface area contributed by atoms with Gasteiger partial charge in [0.1, 0.15) is 5.82 Å². The second-order valence-corrected chi connectivity index (χ2v) is 6.47. The highest BCUT2D eigenvalue weighted by molar-refractivity contribution is 8.13. The summed E-state index contributed by atoms with van der Waals surface area (Å²) < 4.78 is 23.9. The summed E-state index contributed by atoms with van der Waals surface area (Å²) in [7, 11) is 1.41. The highest BCUT2D eigenvalue weighted by Gasteiger charge is 2.15.